The Labute approximate surface area is 119 Å². The minimum atomic E-state index is -0.620. The van der Waals surface area contributed by atoms with E-state index in [4.69, 9.17) is 16.2 Å². The second kappa shape index (κ2) is 5.70. The van der Waals surface area contributed by atoms with Crippen LogP contribution in [0, 0.1) is 0 Å². The van der Waals surface area contributed by atoms with Gasteiger partial charge in [0, 0.05) is 24.6 Å². The van der Waals surface area contributed by atoms with Crippen molar-refractivity contribution in [1.29, 1.82) is 0 Å². The molecule has 0 aliphatic carbocycles. The van der Waals surface area contributed by atoms with Crippen molar-refractivity contribution < 1.29 is 14.3 Å². The lowest BCUT2D eigenvalue weighted by atomic mass is 10.2. The summed E-state index contributed by atoms with van der Waals surface area (Å²) in [6.07, 6.45) is 0. The van der Waals surface area contributed by atoms with Gasteiger partial charge in [0.15, 0.2) is 0 Å². The highest BCUT2D eigenvalue weighted by atomic mass is 32.2. The number of methoxy groups -OCH3 is 1. The number of carbonyl (C=O) groups is 2. The van der Waals surface area contributed by atoms with Gasteiger partial charge in [0.2, 0.25) is 0 Å². The molecule has 1 aromatic rings. The molecule has 1 amide bonds. The molecular formula is C11H15N3O3S2. The Morgan fingerprint density at radius 1 is 1.32 bits per heavy atom. The number of anilines is 2. The van der Waals surface area contributed by atoms with Gasteiger partial charge >= 0.3 is 5.97 Å². The van der Waals surface area contributed by atoms with Crippen LogP contribution >= 0.6 is 23.1 Å². The smallest absolute Gasteiger partial charge is 0.343 e. The first-order valence-electron chi connectivity index (χ1n) is 5.69. The predicted octanol–water partition coefficient (Wildman–Crippen LogP) is 0.769. The maximum Gasteiger partial charge on any atom is 0.343 e. The molecule has 0 aromatic carbocycles. The molecule has 0 spiro atoms. The Morgan fingerprint density at radius 2 is 1.95 bits per heavy atom. The van der Waals surface area contributed by atoms with Crippen LogP contribution in [0.15, 0.2) is 0 Å². The highest BCUT2D eigenvalue weighted by Gasteiger charge is 2.28. The number of nitrogen functional groups attached to an aromatic ring is 1. The zero-order valence-corrected chi connectivity index (χ0v) is 12.1. The van der Waals surface area contributed by atoms with Crippen LogP contribution in [0.25, 0.3) is 0 Å². The first-order valence-corrected chi connectivity index (χ1v) is 7.66. The number of primary amides is 1. The normalized spacial score (nSPS) is 15.3. The van der Waals surface area contributed by atoms with Gasteiger partial charge in [0.05, 0.1) is 12.8 Å². The van der Waals surface area contributed by atoms with Gasteiger partial charge in [0.25, 0.3) is 5.91 Å². The number of thioether (sulfide) groups is 1. The van der Waals surface area contributed by atoms with E-state index in [2.05, 4.69) is 4.90 Å². The summed E-state index contributed by atoms with van der Waals surface area (Å²) in [5, 5.41) is 0.679. The number of nitrogens with zero attached hydrogens (tertiary/aromatic N) is 1. The fraction of sp³-hybridized carbons (Fsp3) is 0.455. The number of esters is 1. The van der Waals surface area contributed by atoms with Gasteiger partial charge in [-0.25, -0.2) is 4.79 Å². The molecule has 0 bridgehead atoms. The molecule has 1 saturated heterocycles. The van der Waals surface area contributed by atoms with E-state index in [1.807, 2.05) is 11.8 Å². The van der Waals surface area contributed by atoms with Crippen molar-refractivity contribution in [3.8, 4) is 0 Å². The number of ether oxygens (including phenoxy) is 1. The van der Waals surface area contributed by atoms with Crippen molar-refractivity contribution in [3.63, 3.8) is 0 Å². The lowest BCUT2D eigenvalue weighted by Crippen LogP contribution is -2.32. The van der Waals surface area contributed by atoms with Crippen LogP contribution in [-0.2, 0) is 4.74 Å². The lowest BCUT2D eigenvalue weighted by molar-refractivity contribution is 0.0603. The molecule has 6 nitrogen and oxygen atoms in total. The first-order chi connectivity index (χ1) is 9.06. The van der Waals surface area contributed by atoms with Crippen LogP contribution in [0.1, 0.15) is 20.0 Å². The molecule has 0 radical (unpaired) electrons. The standard InChI is InChI=1S/C11H15N3O3S2/c1-17-11(16)6-7(12)8(9(13)15)19-10(6)14-2-4-18-5-3-14/h2-5,12H2,1H3,(H2,13,15). The Balaban J connectivity index is 2.48. The van der Waals surface area contributed by atoms with E-state index in [0.717, 1.165) is 35.9 Å². The number of nitrogens with two attached hydrogens (primary N) is 2. The zero-order valence-electron chi connectivity index (χ0n) is 10.5. The van der Waals surface area contributed by atoms with Gasteiger partial charge in [0.1, 0.15) is 15.4 Å². The molecular weight excluding hydrogens is 286 g/mol. The Hall–Kier alpha value is -1.41. The van der Waals surface area contributed by atoms with Crippen LogP contribution in [0.2, 0.25) is 0 Å². The van der Waals surface area contributed by atoms with Gasteiger partial charge in [-0.3, -0.25) is 4.79 Å². The molecule has 0 unspecified atom stereocenters. The van der Waals surface area contributed by atoms with Crippen molar-refractivity contribution in [3.05, 3.63) is 10.4 Å². The van der Waals surface area contributed by atoms with Crippen molar-refractivity contribution in [2.24, 2.45) is 5.73 Å². The maximum atomic E-state index is 11.9. The number of amides is 1. The quantitative estimate of drug-likeness (QED) is 0.800. The number of hydrogen-bond acceptors (Lipinski definition) is 7. The summed E-state index contributed by atoms with van der Waals surface area (Å²) in [6.45, 7) is 1.62. The number of hydrogen-bond donors (Lipinski definition) is 2. The molecule has 19 heavy (non-hydrogen) atoms. The molecule has 1 aliphatic heterocycles. The van der Waals surface area contributed by atoms with E-state index < -0.39 is 11.9 Å². The fourth-order valence-corrected chi connectivity index (χ4v) is 3.92. The van der Waals surface area contributed by atoms with Crippen LogP contribution in [0.5, 0.6) is 0 Å². The van der Waals surface area contributed by atoms with E-state index in [-0.39, 0.29) is 16.1 Å². The zero-order chi connectivity index (χ0) is 14.0. The second-order valence-corrected chi connectivity index (χ2v) is 6.20. The SMILES string of the molecule is COC(=O)c1c(N2CCSCC2)sc(C(N)=O)c1N. The molecule has 2 rings (SSSR count). The van der Waals surface area contributed by atoms with Gasteiger partial charge in [-0.05, 0) is 0 Å². The van der Waals surface area contributed by atoms with E-state index in [1.165, 1.54) is 7.11 Å². The molecule has 104 valence electrons. The molecule has 4 N–H and O–H groups in total. The van der Waals surface area contributed by atoms with Crippen molar-refractivity contribution in [2.75, 3.05) is 42.3 Å². The Bertz CT molecular complexity index is 510. The minimum Gasteiger partial charge on any atom is -0.465 e. The lowest BCUT2D eigenvalue weighted by Gasteiger charge is -2.27. The third-order valence-corrected chi connectivity index (χ3v) is 5.06. The van der Waals surface area contributed by atoms with Crippen LogP contribution < -0.4 is 16.4 Å². The Kier molecular flexibility index (Phi) is 4.20. The highest BCUT2D eigenvalue weighted by molar-refractivity contribution is 7.99. The van der Waals surface area contributed by atoms with Gasteiger partial charge in [-0.2, -0.15) is 11.8 Å². The molecule has 8 heteroatoms. The summed E-state index contributed by atoms with van der Waals surface area (Å²) in [7, 11) is 1.29. The third kappa shape index (κ3) is 2.64. The van der Waals surface area contributed by atoms with Gasteiger partial charge in [-0.15, -0.1) is 11.3 Å². The molecule has 1 fully saturated rings. The molecule has 1 aromatic heterocycles. The molecule has 2 heterocycles. The van der Waals surface area contributed by atoms with Crippen LogP contribution in [0.3, 0.4) is 0 Å². The summed E-state index contributed by atoms with van der Waals surface area (Å²) in [4.78, 5) is 25.5. The first kappa shape index (κ1) is 14.0. The Morgan fingerprint density at radius 3 is 2.47 bits per heavy atom. The summed E-state index contributed by atoms with van der Waals surface area (Å²) < 4.78 is 4.75. The number of thiophene rings is 1. The number of rotatable bonds is 3. The van der Waals surface area contributed by atoms with Crippen molar-refractivity contribution in [1.82, 2.24) is 0 Å². The average molecular weight is 301 g/mol. The van der Waals surface area contributed by atoms with E-state index >= 15 is 0 Å². The van der Waals surface area contributed by atoms with Gasteiger partial charge < -0.3 is 21.1 Å². The van der Waals surface area contributed by atoms with Crippen molar-refractivity contribution >= 4 is 45.7 Å². The van der Waals surface area contributed by atoms with Crippen molar-refractivity contribution in [2.45, 2.75) is 0 Å². The highest BCUT2D eigenvalue weighted by Crippen LogP contribution is 2.39. The van der Waals surface area contributed by atoms with Gasteiger partial charge in [-0.1, -0.05) is 0 Å². The summed E-state index contributed by atoms with van der Waals surface area (Å²) >= 11 is 3.02. The third-order valence-electron chi connectivity index (χ3n) is 2.84. The average Bonchev–Trinajstić information content (AvgIpc) is 2.77. The second-order valence-electron chi connectivity index (χ2n) is 3.98. The molecule has 1 aliphatic rings. The topological polar surface area (TPSA) is 98.6 Å². The summed E-state index contributed by atoms with van der Waals surface area (Å²) in [5.74, 6) is 0.800. The largest absolute Gasteiger partial charge is 0.465 e. The maximum absolute atomic E-state index is 11.9. The van der Waals surface area contributed by atoms with E-state index in [0.29, 0.717) is 5.00 Å². The minimum absolute atomic E-state index is 0.123. The van der Waals surface area contributed by atoms with Crippen LogP contribution in [-0.4, -0.2) is 43.6 Å². The molecule has 0 saturated carbocycles. The van der Waals surface area contributed by atoms with E-state index in [9.17, 15) is 9.59 Å². The summed E-state index contributed by atoms with van der Waals surface area (Å²) in [5.41, 5.74) is 11.5. The fourth-order valence-electron chi connectivity index (χ4n) is 1.90. The molecule has 0 atom stereocenters. The van der Waals surface area contributed by atoms with E-state index in [1.54, 1.807) is 0 Å². The van der Waals surface area contributed by atoms with Crippen LogP contribution in [0.4, 0.5) is 10.7 Å². The summed E-state index contributed by atoms with van der Waals surface area (Å²) in [6, 6.07) is 0. The monoisotopic (exact) mass is 301 g/mol. The number of carbonyl (C=O) groups excluding carboxylic acids is 2. The predicted molar refractivity (Wildman–Crippen MR) is 78.1 cm³/mol.